The molecular formula is C11H24N2O3. The third-order valence-electron chi connectivity index (χ3n) is 2.33. The van der Waals surface area contributed by atoms with Crippen molar-refractivity contribution in [3.63, 3.8) is 0 Å². The Balaban J connectivity index is 4.06. The average Bonchev–Trinajstić information content (AvgIpc) is 2.15. The highest BCUT2D eigenvalue weighted by atomic mass is 16.5. The van der Waals surface area contributed by atoms with Crippen LogP contribution in [0.4, 0.5) is 0 Å². The maximum atomic E-state index is 11.7. The van der Waals surface area contributed by atoms with E-state index in [2.05, 4.69) is 5.32 Å². The van der Waals surface area contributed by atoms with E-state index in [0.717, 1.165) is 0 Å². The van der Waals surface area contributed by atoms with Crippen LogP contribution in [-0.4, -0.2) is 61.4 Å². The van der Waals surface area contributed by atoms with E-state index in [0.29, 0.717) is 6.54 Å². The lowest BCUT2D eigenvalue weighted by atomic mass is 10.2. The number of aliphatic hydroxyl groups excluding tert-OH is 1. The van der Waals surface area contributed by atoms with Gasteiger partial charge in [0.05, 0.1) is 18.8 Å². The molecule has 1 amide bonds. The zero-order chi connectivity index (χ0) is 12.7. The van der Waals surface area contributed by atoms with Crippen LogP contribution in [0.3, 0.4) is 0 Å². The predicted octanol–water partition coefficient (Wildman–Crippen LogP) is -0.161. The number of aliphatic hydroxyl groups is 1. The largest absolute Gasteiger partial charge is 0.389 e. The lowest BCUT2D eigenvalue weighted by molar-refractivity contribution is -0.126. The quantitative estimate of drug-likeness (QED) is 0.640. The summed E-state index contributed by atoms with van der Waals surface area (Å²) in [6.45, 7) is 6.36. The molecular weight excluding hydrogens is 208 g/mol. The Kier molecular flexibility index (Phi) is 7.29. The maximum Gasteiger partial charge on any atom is 0.237 e. The molecule has 5 heteroatoms. The Bertz CT molecular complexity index is 209. The number of carbonyl (C=O) groups is 1. The first-order chi connectivity index (χ1) is 7.38. The molecule has 2 unspecified atom stereocenters. The first-order valence-corrected chi connectivity index (χ1v) is 5.56. The second kappa shape index (κ2) is 7.60. The standard InChI is InChI=1S/C11H24N2O3/c1-8(2)12-11(15)9(3)13(4)6-10(14)7-16-5/h8-10,14H,6-7H2,1-5H3,(H,12,15). The molecule has 0 fully saturated rings. The monoisotopic (exact) mass is 232 g/mol. The first-order valence-electron chi connectivity index (χ1n) is 5.56. The van der Waals surface area contributed by atoms with Gasteiger partial charge in [0.2, 0.25) is 5.91 Å². The number of nitrogens with one attached hydrogen (secondary N) is 1. The lowest BCUT2D eigenvalue weighted by Crippen LogP contribution is -2.48. The fraction of sp³-hybridized carbons (Fsp3) is 0.909. The molecule has 0 heterocycles. The molecule has 0 rings (SSSR count). The summed E-state index contributed by atoms with van der Waals surface area (Å²) >= 11 is 0. The summed E-state index contributed by atoms with van der Waals surface area (Å²) in [5, 5.41) is 12.4. The van der Waals surface area contributed by atoms with Gasteiger partial charge in [-0.15, -0.1) is 0 Å². The van der Waals surface area contributed by atoms with Crippen LogP contribution in [0.2, 0.25) is 0 Å². The smallest absolute Gasteiger partial charge is 0.237 e. The minimum Gasteiger partial charge on any atom is -0.389 e. The lowest BCUT2D eigenvalue weighted by Gasteiger charge is -2.26. The number of rotatable bonds is 7. The number of amides is 1. The number of likely N-dealkylation sites (N-methyl/N-ethyl adjacent to an activating group) is 1. The van der Waals surface area contributed by atoms with Gasteiger partial charge >= 0.3 is 0 Å². The van der Waals surface area contributed by atoms with Crippen molar-refractivity contribution in [3.05, 3.63) is 0 Å². The minimum atomic E-state index is -0.565. The van der Waals surface area contributed by atoms with Gasteiger partial charge in [-0.05, 0) is 27.8 Å². The van der Waals surface area contributed by atoms with Crippen LogP contribution in [0.5, 0.6) is 0 Å². The van der Waals surface area contributed by atoms with Crippen molar-refractivity contribution < 1.29 is 14.6 Å². The second-order valence-corrected chi connectivity index (χ2v) is 4.39. The highest BCUT2D eigenvalue weighted by Gasteiger charge is 2.20. The molecule has 16 heavy (non-hydrogen) atoms. The summed E-state index contributed by atoms with van der Waals surface area (Å²) < 4.78 is 4.83. The van der Waals surface area contributed by atoms with Crippen LogP contribution in [0.25, 0.3) is 0 Å². The maximum absolute atomic E-state index is 11.7. The highest BCUT2D eigenvalue weighted by molar-refractivity contribution is 5.81. The van der Waals surface area contributed by atoms with E-state index < -0.39 is 6.10 Å². The van der Waals surface area contributed by atoms with Crippen molar-refractivity contribution in [1.82, 2.24) is 10.2 Å². The normalized spacial score (nSPS) is 15.2. The summed E-state index contributed by atoms with van der Waals surface area (Å²) in [7, 11) is 3.35. The number of hydrogen-bond donors (Lipinski definition) is 2. The summed E-state index contributed by atoms with van der Waals surface area (Å²) in [5.41, 5.74) is 0. The number of hydrogen-bond acceptors (Lipinski definition) is 4. The molecule has 0 aromatic rings. The van der Waals surface area contributed by atoms with Gasteiger partial charge in [0.15, 0.2) is 0 Å². The second-order valence-electron chi connectivity index (χ2n) is 4.39. The van der Waals surface area contributed by atoms with Gasteiger partial charge in [-0.3, -0.25) is 9.69 Å². The van der Waals surface area contributed by atoms with Crippen LogP contribution in [-0.2, 0) is 9.53 Å². The number of methoxy groups -OCH3 is 1. The molecule has 0 aromatic heterocycles. The molecule has 0 aromatic carbocycles. The molecule has 2 N–H and O–H groups in total. The summed E-state index contributed by atoms with van der Waals surface area (Å²) in [6.07, 6.45) is -0.565. The van der Waals surface area contributed by atoms with E-state index in [4.69, 9.17) is 4.74 Å². The SMILES string of the molecule is COCC(O)CN(C)C(C)C(=O)NC(C)C. The molecule has 0 aliphatic rings. The van der Waals surface area contributed by atoms with E-state index in [9.17, 15) is 9.90 Å². The van der Waals surface area contributed by atoms with Crippen molar-refractivity contribution in [1.29, 1.82) is 0 Å². The van der Waals surface area contributed by atoms with Crippen LogP contribution >= 0.6 is 0 Å². The Morgan fingerprint density at radius 1 is 1.44 bits per heavy atom. The third-order valence-corrected chi connectivity index (χ3v) is 2.33. The van der Waals surface area contributed by atoms with Crippen molar-refractivity contribution in [3.8, 4) is 0 Å². The van der Waals surface area contributed by atoms with Gasteiger partial charge in [-0.2, -0.15) is 0 Å². The Hall–Kier alpha value is -0.650. The van der Waals surface area contributed by atoms with Gasteiger partial charge in [-0.25, -0.2) is 0 Å². The number of carbonyl (C=O) groups excluding carboxylic acids is 1. The summed E-state index contributed by atoms with van der Waals surface area (Å²) in [5.74, 6) is -0.0258. The van der Waals surface area contributed by atoms with Crippen molar-refractivity contribution >= 4 is 5.91 Å². The van der Waals surface area contributed by atoms with Crippen molar-refractivity contribution in [2.75, 3.05) is 27.3 Å². The average molecular weight is 232 g/mol. The highest BCUT2D eigenvalue weighted by Crippen LogP contribution is 1.99. The van der Waals surface area contributed by atoms with E-state index >= 15 is 0 Å². The van der Waals surface area contributed by atoms with Crippen LogP contribution in [0.15, 0.2) is 0 Å². The van der Waals surface area contributed by atoms with Gasteiger partial charge in [-0.1, -0.05) is 0 Å². The molecule has 0 aliphatic heterocycles. The van der Waals surface area contributed by atoms with E-state index in [1.807, 2.05) is 27.8 Å². The predicted molar refractivity (Wildman–Crippen MR) is 63.3 cm³/mol. The zero-order valence-electron chi connectivity index (χ0n) is 10.9. The van der Waals surface area contributed by atoms with E-state index in [-0.39, 0.29) is 24.6 Å². The van der Waals surface area contributed by atoms with Gasteiger partial charge in [0.1, 0.15) is 0 Å². The number of nitrogens with zero attached hydrogens (tertiary/aromatic N) is 1. The molecule has 0 saturated heterocycles. The van der Waals surface area contributed by atoms with Crippen LogP contribution < -0.4 is 5.32 Å². The Labute approximate surface area is 97.8 Å². The van der Waals surface area contributed by atoms with E-state index in [1.165, 1.54) is 7.11 Å². The topological polar surface area (TPSA) is 61.8 Å². The Morgan fingerprint density at radius 3 is 2.44 bits per heavy atom. The first kappa shape index (κ1) is 15.3. The van der Waals surface area contributed by atoms with Crippen LogP contribution in [0.1, 0.15) is 20.8 Å². The van der Waals surface area contributed by atoms with Gasteiger partial charge in [0.25, 0.3) is 0 Å². The molecule has 96 valence electrons. The van der Waals surface area contributed by atoms with Crippen molar-refractivity contribution in [2.24, 2.45) is 0 Å². The van der Waals surface area contributed by atoms with Gasteiger partial charge in [0, 0.05) is 19.7 Å². The molecule has 0 bridgehead atoms. The fourth-order valence-corrected chi connectivity index (χ4v) is 1.34. The minimum absolute atomic E-state index is 0.0258. The third kappa shape index (κ3) is 6.05. The van der Waals surface area contributed by atoms with Crippen LogP contribution in [0, 0.1) is 0 Å². The fourth-order valence-electron chi connectivity index (χ4n) is 1.34. The molecule has 5 nitrogen and oxygen atoms in total. The summed E-state index contributed by atoms with van der Waals surface area (Å²) in [4.78, 5) is 13.5. The molecule has 2 atom stereocenters. The summed E-state index contributed by atoms with van der Waals surface area (Å²) in [6, 6.07) is -0.124. The van der Waals surface area contributed by atoms with E-state index in [1.54, 1.807) is 4.90 Å². The molecule has 0 saturated carbocycles. The molecule has 0 radical (unpaired) electrons. The Morgan fingerprint density at radius 2 is 2.00 bits per heavy atom. The number of ether oxygens (including phenoxy) is 1. The van der Waals surface area contributed by atoms with Gasteiger partial charge < -0.3 is 15.2 Å². The van der Waals surface area contributed by atoms with Crippen molar-refractivity contribution in [2.45, 2.75) is 39.0 Å². The zero-order valence-corrected chi connectivity index (χ0v) is 10.9. The molecule has 0 aliphatic carbocycles. The molecule has 0 spiro atoms.